The summed E-state index contributed by atoms with van der Waals surface area (Å²) in [6.07, 6.45) is 5.77. The highest BCUT2D eigenvalue weighted by Gasteiger charge is 2.22. The van der Waals surface area contributed by atoms with Gasteiger partial charge in [-0.15, -0.1) is 0 Å². The molecule has 1 atom stereocenters. The fourth-order valence-electron chi connectivity index (χ4n) is 1.74. The van der Waals surface area contributed by atoms with Crippen LogP contribution in [0.2, 0.25) is 0 Å². The topological polar surface area (TPSA) is 20.3 Å². The van der Waals surface area contributed by atoms with Crippen LogP contribution in [0.3, 0.4) is 0 Å². The van der Waals surface area contributed by atoms with E-state index in [1.807, 2.05) is 11.9 Å². The Kier molecular flexibility index (Phi) is 3.57. The number of rotatable bonds is 3. The molecule has 0 saturated carbocycles. The van der Waals surface area contributed by atoms with Gasteiger partial charge in [-0.3, -0.25) is 4.79 Å². The lowest BCUT2D eigenvalue weighted by atomic mass is 9.91. The molecule has 1 heterocycles. The molecule has 0 aromatic heterocycles. The average Bonchev–Trinajstić information content (AvgIpc) is 2.07. The van der Waals surface area contributed by atoms with Crippen LogP contribution in [0.15, 0.2) is 0 Å². The van der Waals surface area contributed by atoms with Gasteiger partial charge in [0, 0.05) is 20.0 Å². The number of piperidine rings is 1. The molecule has 0 bridgehead atoms. The monoisotopic (exact) mass is 169 g/mol. The normalized spacial score (nSPS) is 24.7. The highest BCUT2D eigenvalue weighted by molar-refractivity contribution is 5.76. The van der Waals surface area contributed by atoms with Crippen molar-refractivity contribution in [3.05, 3.63) is 0 Å². The van der Waals surface area contributed by atoms with E-state index in [-0.39, 0.29) is 0 Å². The summed E-state index contributed by atoms with van der Waals surface area (Å²) < 4.78 is 0. The van der Waals surface area contributed by atoms with Crippen molar-refractivity contribution in [3.8, 4) is 0 Å². The fourth-order valence-corrected chi connectivity index (χ4v) is 1.74. The molecule has 1 unspecified atom stereocenters. The number of likely N-dealkylation sites (tertiary alicyclic amines) is 1. The molecule has 70 valence electrons. The molecule has 2 heteroatoms. The Balaban J connectivity index is 2.25. The van der Waals surface area contributed by atoms with Gasteiger partial charge in [-0.2, -0.15) is 0 Å². The molecule has 0 aromatic rings. The van der Waals surface area contributed by atoms with Crippen molar-refractivity contribution >= 4 is 5.91 Å². The van der Waals surface area contributed by atoms with Crippen LogP contribution in [0, 0.1) is 5.92 Å². The van der Waals surface area contributed by atoms with Crippen molar-refractivity contribution in [2.24, 2.45) is 5.92 Å². The Bertz CT molecular complexity index is 154. The molecular weight excluding hydrogens is 150 g/mol. The summed E-state index contributed by atoms with van der Waals surface area (Å²) in [6, 6.07) is 0. The molecule has 1 fully saturated rings. The minimum Gasteiger partial charge on any atom is -0.346 e. The highest BCUT2D eigenvalue weighted by Crippen LogP contribution is 2.22. The Morgan fingerprint density at radius 3 is 2.92 bits per heavy atom. The lowest BCUT2D eigenvalue weighted by Gasteiger charge is -2.28. The van der Waals surface area contributed by atoms with E-state index in [1.54, 1.807) is 0 Å². The van der Waals surface area contributed by atoms with E-state index in [4.69, 9.17) is 0 Å². The maximum absolute atomic E-state index is 11.3. The molecule has 1 saturated heterocycles. The van der Waals surface area contributed by atoms with Gasteiger partial charge in [0.15, 0.2) is 0 Å². The van der Waals surface area contributed by atoms with Crippen molar-refractivity contribution in [1.29, 1.82) is 0 Å². The van der Waals surface area contributed by atoms with Gasteiger partial charge in [-0.25, -0.2) is 0 Å². The fraction of sp³-hybridized carbons (Fsp3) is 0.900. The third-order valence-corrected chi connectivity index (χ3v) is 2.73. The molecule has 1 amide bonds. The molecule has 0 aliphatic carbocycles. The number of amides is 1. The maximum atomic E-state index is 11.3. The molecule has 1 rings (SSSR count). The number of hydrogen-bond acceptors (Lipinski definition) is 1. The Morgan fingerprint density at radius 2 is 2.33 bits per heavy atom. The van der Waals surface area contributed by atoms with Crippen molar-refractivity contribution in [2.45, 2.75) is 39.0 Å². The van der Waals surface area contributed by atoms with Crippen LogP contribution in [-0.4, -0.2) is 24.4 Å². The lowest BCUT2D eigenvalue weighted by Crippen LogP contribution is -2.35. The summed E-state index contributed by atoms with van der Waals surface area (Å²) in [4.78, 5) is 13.1. The number of hydrogen-bond donors (Lipinski definition) is 0. The zero-order valence-corrected chi connectivity index (χ0v) is 8.18. The molecule has 0 N–H and O–H groups in total. The van der Waals surface area contributed by atoms with Crippen LogP contribution in [0.4, 0.5) is 0 Å². The predicted octanol–water partition coefficient (Wildman–Crippen LogP) is 2.04. The van der Waals surface area contributed by atoms with Crippen molar-refractivity contribution in [3.63, 3.8) is 0 Å². The molecule has 1 aliphatic rings. The summed E-state index contributed by atoms with van der Waals surface area (Å²) in [5, 5.41) is 0. The first-order valence-corrected chi connectivity index (χ1v) is 4.98. The Morgan fingerprint density at radius 1 is 1.58 bits per heavy atom. The van der Waals surface area contributed by atoms with Crippen LogP contribution in [0.25, 0.3) is 0 Å². The smallest absolute Gasteiger partial charge is 0.222 e. The minimum absolute atomic E-state index is 0.336. The largest absolute Gasteiger partial charge is 0.346 e. The van der Waals surface area contributed by atoms with Gasteiger partial charge >= 0.3 is 0 Å². The van der Waals surface area contributed by atoms with Crippen LogP contribution in [0.1, 0.15) is 39.0 Å². The van der Waals surface area contributed by atoms with Gasteiger partial charge in [0.05, 0.1) is 0 Å². The first kappa shape index (κ1) is 9.56. The van der Waals surface area contributed by atoms with Crippen LogP contribution >= 0.6 is 0 Å². The van der Waals surface area contributed by atoms with Gasteiger partial charge in [0.25, 0.3) is 0 Å². The second kappa shape index (κ2) is 4.48. The van der Waals surface area contributed by atoms with Crippen LogP contribution in [0.5, 0.6) is 0 Å². The molecule has 12 heavy (non-hydrogen) atoms. The van der Waals surface area contributed by atoms with Crippen molar-refractivity contribution in [1.82, 2.24) is 4.90 Å². The maximum Gasteiger partial charge on any atom is 0.222 e. The van der Waals surface area contributed by atoms with E-state index in [2.05, 4.69) is 6.92 Å². The number of nitrogens with zero attached hydrogens (tertiary/aromatic N) is 1. The zero-order chi connectivity index (χ0) is 8.97. The summed E-state index contributed by atoms with van der Waals surface area (Å²) in [7, 11) is 1.90. The number of unbranched alkanes of at least 4 members (excludes halogenated alkanes) is 1. The molecule has 0 aromatic carbocycles. The average molecular weight is 169 g/mol. The first-order valence-electron chi connectivity index (χ1n) is 4.98. The van der Waals surface area contributed by atoms with E-state index >= 15 is 0 Å². The van der Waals surface area contributed by atoms with E-state index in [1.165, 1.54) is 25.7 Å². The third-order valence-electron chi connectivity index (χ3n) is 2.73. The van der Waals surface area contributed by atoms with Gasteiger partial charge < -0.3 is 4.90 Å². The highest BCUT2D eigenvalue weighted by atomic mass is 16.2. The second-order valence-corrected chi connectivity index (χ2v) is 3.82. The number of carbonyl (C=O) groups is 1. The Labute approximate surface area is 74.9 Å². The SMILES string of the molecule is CCCCC1CCN(C)C(=O)C1. The quantitative estimate of drug-likeness (QED) is 0.633. The van der Waals surface area contributed by atoms with E-state index in [0.29, 0.717) is 11.8 Å². The van der Waals surface area contributed by atoms with Crippen LogP contribution in [-0.2, 0) is 4.79 Å². The van der Waals surface area contributed by atoms with Crippen molar-refractivity contribution < 1.29 is 4.79 Å². The zero-order valence-electron chi connectivity index (χ0n) is 8.18. The van der Waals surface area contributed by atoms with Gasteiger partial charge in [0.1, 0.15) is 0 Å². The summed E-state index contributed by atoms with van der Waals surface area (Å²) in [5.74, 6) is 1.01. The van der Waals surface area contributed by atoms with E-state index < -0.39 is 0 Å². The Hall–Kier alpha value is -0.530. The first-order chi connectivity index (χ1) is 5.74. The molecule has 1 aliphatic heterocycles. The van der Waals surface area contributed by atoms with Gasteiger partial charge in [-0.05, 0) is 18.8 Å². The summed E-state index contributed by atoms with van der Waals surface area (Å²) >= 11 is 0. The summed E-state index contributed by atoms with van der Waals surface area (Å²) in [5.41, 5.74) is 0. The van der Waals surface area contributed by atoms with E-state index in [0.717, 1.165) is 13.0 Å². The predicted molar refractivity (Wildman–Crippen MR) is 49.9 cm³/mol. The lowest BCUT2D eigenvalue weighted by molar-refractivity contribution is -0.133. The van der Waals surface area contributed by atoms with Gasteiger partial charge in [-0.1, -0.05) is 19.8 Å². The minimum atomic E-state index is 0.336. The number of carbonyl (C=O) groups excluding carboxylic acids is 1. The molecule has 0 radical (unpaired) electrons. The summed E-state index contributed by atoms with van der Waals surface area (Å²) in [6.45, 7) is 3.17. The molecular formula is C10H19NO. The second-order valence-electron chi connectivity index (χ2n) is 3.82. The van der Waals surface area contributed by atoms with E-state index in [9.17, 15) is 4.79 Å². The standard InChI is InChI=1S/C10H19NO/c1-3-4-5-9-6-7-11(2)10(12)8-9/h9H,3-8H2,1-2H3. The van der Waals surface area contributed by atoms with Gasteiger partial charge in [0.2, 0.25) is 5.91 Å². The third kappa shape index (κ3) is 2.50. The molecule has 2 nitrogen and oxygen atoms in total. The molecule has 0 spiro atoms. The van der Waals surface area contributed by atoms with Crippen LogP contribution < -0.4 is 0 Å². The van der Waals surface area contributed by atoms with Crippen molar-refractivity contribution in [2.75, 3.05) is 13.6 Å².